The molecule has 4 rings (SSSR count). The minimum absolute atomic E-state index is 0.300. The summed E-state index contributed by atoms with van der Waals surface area (Å²) in [6.07, 6.45) is 11.3. The highest BCUT2D eigenvalue weighted by Gasteiger charge is 2.62. The smallest absolute Gasteiger partial charge is 0.186 e. The van der Waals surface area contributed by atoms with Crippen LogP contribution in [0, 0.1) is 40.4 Å². The Bertz CT molecular complexity index is 647. The van der Waals surface area contributed by atoms with E-state index in [0.29, 0.717) is 21.2 Å². The molecule has 0 N–H and O–H groups in total. The van der Waals surface area contributed by atoms with Crippen molar-refractivity contribution in [2.45, 2.75) is 98.2 Å². The van der Waals surface area contributed by atoms with Crippen LogP contribution in [0.2, 0.25) is 0 Å². The molecule has 0 saturated heterocycles. The van der Waals surface area contributed by atoms with E-state index in [1.807, 2.05) is 0 Å². The first-order chi connectivity index (χ1) is 12.7. The van der Waals surface area contributed by atoms with Crippen LogP contribution in [0.4, 0.5) is 0 Å². The SMILES string of the molecule is CC(=O)SC1CC2(C)C(CCC3C2CCC2[C@H](C)CCCC32C)C1=C(C)C. The molecule has 0 amide bonds. The summed E-state index contributed by atoms with van der Waals surface area (Å²) in [5.41, 5.74) is 4.13. The molecule has 7 unspecified atom stereocenters. The predicted octanol–water partition coefficient (Wildman–Crippen LogP) is 7.26. The van der Waals surface area contributed by atoms with Gasteiger partial charge in [-0.1, -0.05) is 56.5 Å². The van der Waals surface area contributed by atoms with Gasteiger partial charge < -0.3 is 0 Å². The van der Waals surface area contributed by atoms with Gasteiger partial charge in [0.1, 0.15) is 0 Å². The molecule has 4 saturated carbocycles. The third-order valence-electron chi connectivity index (χ3n) is 9.67. The van der Waals surface area contributed by atoms with Crippen molar-refractivity contribution in [3.05, 3.63) is 11.1 Å². The van der Waals surface area contributed by atoms with Crippen LogP contribution in [0.25, 0.3) is 0 Å². The molecule has 0 aliphatic heterocycles. The third kappa shape index (κ3) is 2.99. The molecule has 2 heteroatoms. The van der Waals surface area contributed by atoms with Crippen molar-refractivity contribution < 1.29 is 4.79 Å². The maximum Gasteiger partial charge on any atom is 0.186 e. The van der Waals surface area contributed by atoms with Gasteiger partial charge in [-0.3, -0.25) is 4.79 Å². The average molecular weight is 389 g/mol. The van der Waals surface area contributed by atoms with Crippen LogP contribution in [0.15, 0.2) is 11.1 Å². The molecule has 0 radical (unpaired) electrons. The summed E-state index contributed by atoms with van der Waals surface area (Å²) in [5, 5.41) is 0.742. The first-order valence-corrected chi connectivity index (χ1v) is 12.4. The Morgan fingerprint density at radius 3 is 2.22 bits per heavy atom. The van der Waals surface area contributed by atoms with Crippen LogP contribution in [0.1, 0.15) is 92.9 Å². The zero-order valence-corrected chi connectivity index (χ0v) is 19.3. The molecule has 8 atom stereocenters. The zero-order chi connectivity index (χ0) is 19.6. The van der Waals surface area contributed by atoms with Crippen LogP contribution < -0.4 is 0 Å². The van der Waals surface area contributed by atoms with Gasteiger partial charge in [-0.05, 0) is 92.8 Å². The molecule has 0 aromatic carbocycles. The van der Waals surface area contributed by atoms with E-state index in [1.165, 1.54) is 56.9 Å². The number of carbonyl (C=O) groups is 1. The van der Waals surface area contributed by atoms with Crippen molar-refractivity contribution in [3.63, 3.8) is 0 Å². The number of carbonyl (C=O) groups excluding carboxylic acids is 1. The van der Waals surface area contributed by atoms with Crippen molar-refractivity contribution in [3.8, 4) is 0 Å². The topological polar surface area (TPSA) is 17.1 Å². The molecular formula is C25H40OS. The summed E-state index contributed by atoms with van der Waals surface area (Å²) in [7, 11) is 0. The van der Waals surface area contributed by atoms with Gasteiger partial charge in [-0.2, -0.15) is 0 Å². The van der Waals surface area contributed by atoms with E-state index < -0.39 is 0 Å². The second-order valence-corrected chi connectivity index (χ2v) is 12.5. The van der Waals surface area contributed by atoms with Crippen molar-refractivity contribution in [2.75, 3.05) is 0 Å². The fraction of sp³-hybridized carbons (Fsp3) is 0.880. The molecule has 0 spiro atoms. The first-order valence-electron chi connectivity index (χ1n) is 11.5. The van der Waals surface area contributed by atoms with Crippen LogP contribution in [0.3, 0.4) is 0 Å². The number of hydrogen-bond donors (Lipinski definition) is 0. The number of fused-ring (bicyclic) bond motifs is 5. The first kappa shape index (κ1) is 20.0. The predicted molar refractivity (Wildman–Crippen MR) is 117 cm³/mol. The molecule has 1 nitrogen and oxygen atoms in total. The van der Waals surface area contributed by atoms with Gasteiger partial charge >= 0.3 is 0 Å². The summed E-state index contributed by atoms with van der Waals surface area (Å²) < 4.78 is 0. The van der Waals surface area contributed by atoms with Gasteiger partial charge in [-0.15, -0.1) is 0 Å². The van der Waals surface area contributed by atoms with E-state index in [4.69, 9.17) is 0 Å². The van der Waals surface area contributed by atoms with Crippen molar-refractivity contribution >= 4 is 16.9 Å². The van der Waals surface area contributed by atoms with E-state index in [0.717, 1.165) is 29.6 Å². The van der Waals surface area contributed by atoms with E-state index in [1.54, 1.807) is 24.3 Å². The molecule has 0 heterocycles. The van der Waals surface area contributed by atoms with Gasteiger partial charge in [-0.25, -0.2) is 0 Å². The fourth-order valence-electron chi connectivity index (χ4n) is 8.70. The molecule has 4 aliphatic carbocycles. The highest BCUT2D eigenvalue weighted by molar-refractivity contribution is 8.14. The van der Waals surface area contributed by atoms with Crippen molar-refractivity contribution in [1.29, 1.82) is 0 Å². The van der Waals surface area contributed by atoms with Gasteiger partial charge in [0, 0.05) is 12.2 Å². The maximum atomic E-state index is 12.0. The number of thioether (sulfide) groups is 1. The average Bonchev–Trinajstić information content (AvgIpc) is 2.86. The number of hydrogen-bond acceptors (Lipinski definition) is 2. The van der Waals surface area contributed by atoms with E-state index in [-0.39, 0.29) is 0 Å². The van der Waals surface area contributed by atoms with Gasteiger partial charge in [0.15, 0.2) is 5.12 Å². The quantitative estimate of drug-likeness (QED) is 0.440. The van der Waals surface area contributed by atoms with Crippen LogP contribution in [0.5, 0.6) is 0 Å². The minimum atomic E-state index is 0.300. The minimum Gasteiger partial charge on any atom is -0.288 e. The highest BCUT2D eigenvalue weighted by atomic mass is 32.2. The summed E-state index contributed by atoms with van der Waals surface area (Å²) >= 11 is 1.63. The largest absolute Gasteiger partial charge is 0.288 e. The lowest BCUT2D eigenvalue weighted by molar-refractivity contribution is -0.127. The number of rotatable bonds is 1. The molecule has 4 fully saturated rings. The monoisotopic (exact) mass is 388 g/mol. The Kier molecular flexibility index (Phi) is 5.14. The number of allylic oxidation sites excluding steroid dienone is 1. The molecule has 152 valence electrons. The molecule has 27 heavy (non-hydrogen) atoms. The Balaban J connectivity index is 1.69. The summed E-state index contributed by atoms with van der Waals surface area (Å²) in [4.78, 5) is 12.0. The van der Waals surface area contributed by atoms with Crippen LogP contribution in [-0.2, 0) is 4.79 Å². The Hall–Kier alpha value is -0.240. The second-order valence-electron chi connectivity index (χ2n) is 11.2. The Labute approximate surface area is 171 Å². The van der Waals surface area contributed by atoms with Gasteiger partial charge in [0.05, 0.1) is 0 Å². The zero-order valence-electron chi connectivity index (χ0n) is 18.4. The van der Waals surface area contributed by atoms with Crippen molar-refractivity contribution in [2.24, 2.45) is 40.4 Å². The lowest BCUT2D eigenvalue weighted by atomic mass is 9.43. The van der Waals surface area contributed by atoms with Gasteiger partial charge in [0.25, 0.3) is 0 Å². The van der Waals surface area contributed by atoms with E-state index in [9.17, 15) is 4.79 Å². The Morgan fingerprint density at radius 2 is 1.56 bits per heavy atom. The van der Waals surface area contributed by atoms with E-state index in [2.05, 4.69) is 34.6 Å². The lowest BCUT2D eigenvalue weighted by Crippen LogP contribution is -2.54. The lowest BCUT2D eigenvalue weighted by Gasteiger charge is -2.62. The third-order valence-corrected chi connectivity index (χ3v) is 10.7. The van der Waals surface area contributed by atoms with Crippen LogP contribution in [-0.4, -0.2) is 10.4 Å². The second kappa shape index (κ2) is 6.92. The van der Waals surface area contributed by atoms with E-state index >= 15 is 0 Å². The van der Waals surface area contributed by atoms with Gasteiger partial charge in [0.2, 0.25) is 0 Å². The maximum absolute atomic E-state index is 12.0. The van der Waals surface area contributed by atoms with Crippen LogP contribution >= 0.6 is 11.8 Å². The standard InChI is InChI=1S/C25H40OS/c1-15(2)23-21-12-11-19-20(25(21,6)14-22(23)27-17(4)26)10-9-18-16(3)8-7-13-24(18,19)5/h16,18-22H,7-14H2,1-6H3/t16-,18?,19?,20?,21?,22?,24?,25?/m1/s1. The molecule has 0 bridgehead atoms. The Morgan fingerprint density at radius 1 is 0.926 bits per heavy atom. The molecule has 0 aromatic rings. The normalized spacial score (nSPS) is 49.2. The highest BCUT2D eigenvalue weighted by Crippen LogP contribution is 2.69. The summed E-state index contributed by atoms with van der Waals surface area (Å²) in [6.45, 7) is 14.2. The fourth-order valence-corrected chi connectivity index (χ4v) is 10.1. The van der Waals surface area contributed by atoms with Crippen molar-refractivity contribution in [1.82, 2.24) is 0 Å². The summed E-state index contributed by atoms with van der Waals surface area (Å²) in [6, 6.07) is 0. The molecule has 4 aliphatic rings. The molecular weight excluding hydrogens is 348 g/mol. The molecule has 0 aromatic heterocycles. The summed E-state index contributed by atoms with van der Waals surface area (Å²) in [5.74, 6) is 4.39.